The molecule has 4 nitrogen and oxygen atoms in total. The van der Waals surface area contributed by atoms with Gasteiger partial charge in [0.05, 0.1) is 21.6 Å². The first-order valence-electron chi connectivity index (χ1n) is 9.49. The van der Waals surface area contributed by atoms with E-state index in [1.807, 2.05) is 31.4 Å². The second-order valence-electron chi connectivity index (χ2n) is 6.83. The van der Waals surface area contributed by atoms with Crippen molar-refractivity contribution in [2.24, 2.45) is 5.16 Å². The molecule has 1 aromatic heterocycles. The average Bonchev–Trinajstić information content (AvgIpc) is 2.70. The van der Waals surface area contributed by atoms with E-state index in [-0.39, 0.29) is 0 Å². The fraction of sp³-hybridized carbons (Fsp3) is 0.476. The van der Waals surface area contributed by atoms with E-state index in [4.69, 9.17) is 17.1 Å². The van der Waals surface area contributed by atoms with Crippen molar-refractivity contribution in [3.63, 3.8) is 0 Å². The second kappa shape index (κ2) is 8.58. The molecule has 0 radical (unpaired) electrons. The van der Waals surface area contributed by atoms with Gasteiger partial charge >= 0.3 is 0 Å². The third-order valence-electron chi connectivity index (χ3n) is 5.17. The summed E-state index contributed by atoms with van der Waals surface area (Å²) in [5.74, 6) is 0. The first kappa shape index (κ1) is 18.8. The minimum atomic E-state index is -0.425. The van der Waals surface area contributed by atoms with Gasteiger partial charge in [-0.25, -0.2) is 0 Å². The Hall–Kier alpha value is -2.01. The van der Waals surface area contributed by atoms with Crippen LogP contribution >= 0.6 is 12.2 Å². The first-order chi connectivity index (χ1) is 12.7. The molecule has 26 heavy (non-hydrogen) atoms. The molecule has 0 aliphatic heterocycles. The molecule has 1 atom stereocenters. The van der Waals surface area contributed by atoms with Crippen molar-refractivity contribution in [2.75, 3.05) is 13.7 Å². The molecule has 1 unspecified atom stereocenters. The topological polar surface area (TPSA) is 46.5 Å². The maximum absolute atomic E-state index is 5.80. The molecule has 0 spiro atoms. The van der Waals surface area contributed by atoms with Crippen LogP contribution in [0.5, 0.6) is 0 Å². The number of fused-ring (bicyclic) bond motifs is 1. The lowest BCUT2D eigenvalue weighted by atomic mass is 9.68. The molecule has 2 aromatic rings. The number of nitrogens with zero attached hydrogens (tertiary/aromatic N) is 2. The van der Waals surface area contributed by atoms with Gasteiger partial charge in [-0.05, 0) is 43.4 Å². The number of hydrogen-bond donors (Lipinski definition) is 1. The molecule has 1 N–H and O–H groups in total. The molecule has 0 amide bonds. The maximum atomic E-state index is 5.80. The summed E-state index contributed by atoms with van der Waals surface area (Å²) in [4.78, 5) is 11.1. The predicted octanol–water partition coefficient (Wildman–Crippen LogP) is 4.77. The Morgan fingerprint density at radius 2 is 2.19 bits per heavy atom. The largest absolute Gasteiger partial charge is 0.396 e. The fourth-order valence-electron chi connectivity index (χ4n) is 3.70. The minimum Gasteiger partial charge on any atom is -0.396 e. The summed E-state index contributed by atoms with van der Waals surface area (Å²) in [6, 6.07) is 10.4. The number of nitrogens with one attached hydrogen (secondary N) is 1. The molecule has 138 valence electrons. The number of aromatic nitrogens is 1. The van der Waals surface area contributed by atoms with Crippen LogP contribution in [-0.4, -0.2) is 29.3 Å². The van der Waals surface area contributed by atoms with Crippen molar-refractivity contribution in [3.05, 3.63) is 42.1 Å². The summed E-state index contributed by atoms with van der Waals surface area (Å²) >= 11 is 5.80. The monoisotopic (exact) mass is 369 g/mol. The van der Waals surface area contributed by atoms with Crippen LogP contribution in [0.3, 0.4) is 0 Å². The van der Waals surface area contributed by atoms with Gasteiger partial charge in [-0.1, -0.05) is 55.3 Å². The van der Waals surface area contributed by atoms with Crippen LogP contribution in [0.1, 0.15) is 51.0 Å². The van der Waals surface area contributed by atoms with Crippen molar-refractivity contribution in [2.45, 2.75) is 50.9 Å². The Bertz CT molecular complexity index is 805. The molecule has 1 aliphatic carbocycles. The Labute approximate surface area is 161 Å². The van der Waals surface area contributed by atoms with Crippen LogP contribution in [0.4, 0.5) is 0 Å². The van der Waals surface area contributed by atoms with E-state index in [1.54, 1.807) is 0 Å². The highest BCUT2D eigenvalue weighted by molar-refractivity contribution is 7.80. The number of rotatable bonds is 6. The zero-order chi connectivity index (χ0) is 18.4. The molecule has 1 fully saturated rings. The molecule has 0 saturated heterocycles. The molecule has 1 saturated carbocycles. The third kappa shape index (κ3) is 3.58. The normalized spacial score (nSPS) is 21.7. The molecular weight excluding hydrogens is 342 g/mol. The van der Waals surface area contributed by atoms with Gasteiger partial charge in [-0.2, -0.15) is 0 Å². The van der Waals surface area contributed by atoms with Gasteiger partial charge < -0.3 is 10.2 Å². The molecule has 0 bridgehead atoms. The smallest absolute Gasteiger partial charge is 0.117 e. The molecule has 5 heteroatoms. The summed E-state index contributed by atoms with van der Waals surface area (Å²) in [6.07, 6.45) is 8.13. The number of pyridine rings is 1. The molecule has 1 aromatic carbocycles. The highest BCUT2D eigenvalue weighted by Crippen LogP contribution is 2.39. The highest BCUT2D eigenvalue weighted by atomic mass is 32.1. The number of oxime groups is 1. The summed E-state index contributed by atoms with van der Waals surface area (Å²) in [6.45, 7) is 2.80. The maximum Gasteiger partial charge on any atom is 0.117 e. The van der Waals surface area contributed by atoms with Gasteiger partial charge in [0.2, 0.25) is 0 Å². The fourth-order valence-corrected chi connectivity index (χ4v) is 4.04. The minimum absolute atomic E-state index is 0.425. The third-order valence-corrected chi connectivity index (χ3v) is 5.72. The summed E-state index contributed by atoms with van der Waals surface area (Å²) in [7, 11) is 1.89. The van der Waals surface area contributed by atoms with Gasteiger partial charge in [0, 0.05) is 18.6 Å². The Balaban J connectivity index is 2.06. The summed E-state index contributed by atoms with van der Waals surface area (Å²) in [5.41, 5.74) is 2.70. The summed E-state index contributed by atoms with van der Waals surface area (Å²) < 4.78 is 0. The van der Waals surface area contributed by atoms with Crippen LogP contribution < -0.4 is 5.32 Å². The molecule has 1 aliphatic rings. The van der Waals surface area contributed by atoms with Gasteiger partial charge in [0.1, 0.15) is 6.61 Å². The van der Waals surface area contributed by atoms with E-state index >= 15 is 0 Å². The highest BCUT2D eigenvalue weighted by Gasteiger charge is 2.44. The number of benzene rings is 1. The second-order valence-corrected chi connectivity index (χ2v) is 7.24. The van der Waals surface area contributed by atoms with E-state index in [0.717, 1.165) is 65.7 Å². The number of unbranched alkanes of at least 4 members (excludes halogenated alkanes) is 1. The number of hydrogen-bond acceptors (Lipinski definition) is 4. The lowest BCUT2D eigenvalue weighted by molar-refractivity contribution is 0.138. The van der Waals surface area contributed by atoms with E-state index in [0.29, 0.717) is 6.61 Å². The SMILES string of the molecule is CCCCO/N=C1/CCCCC1(C(=S)NC)c1cnc2ccccc2c1. The van der Waals surface area contributed by atoms with Crippen molar-refractivity contribution >= 4 is 33.8 Å². The Kier molecular flexibility index (Phi) is 6.20. The van der Waals surface area contributed by atoms with E-state index < -0.39 is 5.41 Å². The van der Waals surface area contributed by atoms with Crippen LogP contribution in [0.2, 0.25) is 0 Å². The van der Waals surface area contributed by atoms with Crippen molar-refractivity contribution < 1.29 is 4.84 Å². The van der Waals surface area contributed by atoms with Gasteiger partial charge in [-0.15, -0.1) is 0 Å². The lowest BCUT2D eigenvalue weighted by Gasteiger charge is -2.38. The summed E-state index contributed by atoms with van der Waals surface area (Å²) in [5, 5.41) is 8.91. The zero-order valence-corrected chi connectivity index (χ0v) is 16.4. The van der Waals surface area contributed by atoms with Crippen LogP contribution in [-0.2, 0) is 10.3 Å². The van der Waals surface area contributed by atoms with Crippen LogP contribution in [0.15, 0.2) is 41.7 Å². The van der Waals surface area contributed by atoms with E-state index in [2.05, 4.69) is 34.5 Å². The number of likely N-dealkylation sites (N-methyl/N-ethyl adjacent to an activating group) is 1. The van der Waals surface area contributed by atoms with Crippen molar-refractivity contribution in [1.82, 2.24) is 10.3 Å². The first-order valence-corrected chi connectivity index (χ1v) is 9.90. The number of para-hydroxylation sites is 1. The Morgan fingerprint density at radius 1 is 1.35 bits per heavy atom. The van der Waals surface area contributed by atoms with E-state index in [1.165, 1.54) is 0 Å². The molecule has 3 rings (SSSR count). The standard InChI is InChI=1S/C21H27N3OS/c1-3-4-13-25-24-19-11-7-8-12-21(19,20(26)22-2)17-14-16-9-5-6-10-18(16)23-15-17/h5-6,9-10,14-15H,3-4,7-8,11-13H2,1-2H3,(H,22,26)/b24-19-. The van der Waals surface area contributed by atoms with Crippen LogP contribution in [0, 0.1) is 0 Å². The quantitative estimate of drug-likeness (QED) is 0.453. The lowest BCUT2D eigenvalue weighted by Crippen LogP contribution is -2.50. The van der Waals surface area contributed by atoms with Gasteiger partial charge in [0.15, 0.2) is 0 Å². The average molecular weight is 370 g/mol. The predicted molar refractivity (Wildman–Crippen MR) is 112 cm³/mol. The van der Waals surface area contributed by atoms with Gasteiger partial charge in [0.25, 0.3) is 0 Å². The van der Waals surface area contributed by atoms with Gasteiger partial charge in [-0.3, -0.25) is 4.98 Å². The van der Waals surface area contributed by atoms with Crippen molar-refractivity contribution in [3.8, 4) is 0 Å². The molecular formula is C21H27N3OS. The van der Waals surface area contributed by atoms with E-state index in [9.17, 15) is 0 Å². The molecule has 1 heterocycles. The zero-order valence-electron chi connectivity index (χ0n) is 15.6. The Morgan fingerprint density at radius 3 is 3.00 bits per heavy atom. The number of thiocarbonyl (C=S) groups is 1. The van der Waals surface area contributed by atoms with Crippen molar-refractivity contribution in [1.29, 1.82) is 0 Å². The van der Waals surface area contributed by atoms with Crippen LogP contribution in [0.25, 0.3) is 10.9 Å².